The van der Waals surface area contributed by atoms with Gasteiger partial charge in [-0.15, -0.1) is 0 Å². The van der Waals surface area contributed by atoms with Gasteiger partial charge in [0, 0.05) is 40.9 Å². The molecule has 0 amide bonds. The van der Waals surface area contributed by atoms with E-state index >= 15 is 0 Å². The molecular weight excluding hydrogens is 625 g/mol. The first-order chi connectivity index (χ1) is 24.4. The van der Waals surface area contributed by atoms with Gasteiger partial charge in [-0.3, -0.25) is 4.57 Å². The molecule has 3 aromatic heterocycles. The summed E-state index contributed by atoms with van der Waals surface area (Å²) in [5.41, 5.74) is 12.7. The number of hydrogen-bond donors (Lipinski definition) is 0. The lowest BCUT2D eigenvalue weighted by molar-refractivity contribution is 0.378. The molecule has 0 aliphatic carbocycles. The van der Waals surface area contributed by atoms with Crippen LogP contribution < -0.4 is 4.74 Å². The van der Waals surface area contributed by atoms with Crippen LogP contribution in [-0.4, -0.2) is 19.3 Å². The van der Waals surface area contributed by atoms with Crippen molar-refractivity contribution in [2.45, 2.75) is 87.0 Å². The van der Waals surface area contributed by atoms with Gasteiger partial charge < -0.3 is 4.74 Å². The zero-order valence-electron chi connectivity index (χ0n) is 31.6. The Kier molecular flexibility index (Phi) is 9.09. The maximum Gasteiger partial charge on any atom is 0.137 e. The second-order valence-corrected chi connectivity index (χ2v) is 15.9. The fourth-order valence-corrected chi connectivity index (χ4v) is 7.76. The molecule has 0 radical (unpaired) electrons. The van der Waals surface area contributed by atoms with Gasteiger partial charge in [0.25, 0.3) is 0 Å². The average Bonchev–Trinajstić information content (AvgIpc) is 3.70. The molecule has 0 fully saturated rings. The second kappa shape index (κ2) is 13.5. The number of benzene rings is 4. The van der Waals surface area contributed by atoms with Crippen molar-refractivity contribution in [2.75, 3.05) is 0 Å². The third-order valence-electron chi connectivity index (χ3n) is 10.0. The van der Waals surface area contributed by atoms with Crippen LogP contribution in [0.5, 0.6) is 11.5 Å². The van der Waals surface area contributed by atoms with Crippen LogP contribution in [0, 0.1) is 19.3 Å². The summed E-state index contributed by atoms with van der Waals surface area (Å²) in [6.45, 7) is 20.5. The summed E-state index contributed by atoms with van der Waals surface area (Å²) < 4.78 is 10.8. The second-order valence-electron chi connectivity index (χ2n) is 15.9. The quantitative estimate of drug-likeness (QED) is 0.153. The van der Waals surface area contributed by atoms with Crippen LogP contribution in [0.15, 0.2) is 104 Å². The van der Waals surface area contributed by atoms with Crippen LogP contribution in [0.3, 0.4) is 0 Å². The molecule has 4 aromatic carbocycles. The summed E-state index contributed by atoms with van der Waals surface area (Å²) in [5, 5.41) is 7.23. The van der Waals surface area contributed by atoms with Crippen LogP contribution in [0.25, 0.3) is 44.4 Å². The minimum atomic E-state index is 0.272. The van der Waals surface area contributed by atoms with Gasteiger partial charge in [0.1, 0.15) is 17.3 Å². The highest BCUT2D eigenvalue weighted by Gasteiger charge is 2.22. The van der Waals surface area contributed by atoms with Crippen molar-refractivity contribution >= 4 is 21.8 Å². The molecule has 5 heteroatoms. The van der Waals surface area contributed by atoms with Gasteiger partial charge >= 0.3 is 0 Å². The Morgan fingerprint density at radius 2 is 1.43 bits per heavy atom. The fourth-order valence-electron chi connectivity index (χ4n) is 7.76. The molecule has 0 saturated heterocycles. The Balaban J connectivity index is 1.24. The number of aryl methyl sites for hydroxylation is 3. The van der Waals surface area contributed by atoms with E-state index in [1.165, 1.54) is 44.2 Å². The van der Waals surface area contributed by atoms with E-state index in [1.807, 2.05) is 29.2 Å². The number of pyridine rings is 1. The lowest BCUT2D eigenvalue weighted by Crippen LogP contribution is -2.07. The molecule has 7 aromatic rings. The Morgan fingerprint density at radius 1 is 0.725 bits per heavy atom. The predicted octanol–water partition coefficient (Wildman–Crippen LogP) is 12.7. The number of fused-ring (bicyclic) bond motifs is 3. The van der Waals surface area contributed by atoms with Crippen LogP contribution in [0.4, 0.5) is 0 Å². The summed E-state index contributed by atoms with van der Waals surface area (Å²) in [6.07, 6.45) is 8.25. The molecule has 7 rings (SSSR count). The van der Waals surface area contributed by atoms with Crippen molar-refractivity contribution in [3.8, 4) is 34.1 Å². The molecule has 0 spiro atoms. The lowest BCUT2D eigenvalue weighted by Gasteiger charge is -2.23. The third kappa shape index (κ3) is 6.82. The zero-order chi connectivity index (χ0) is 36.0. The van der Waals surface area contributed by atoms with E-state index in [4.69, 9.17) is 14.8 Å². The normalized spacial score (nSPS) is 12.1. The van der Waals surface area contributed by atoms with Gasteiger partial charge in [-0.05, 0) is 120 Å². The zero-order valence-corrected chi connectivity index (χ0v) is 31.6. The highest BCUT2D eigenvalue weighted by atomic mass is 16.5. The van der Waals surface area contributed by atoms with E-state index in [1.54, 1.807) is 0 Å². The molecule has 5 nitrogen and oxygen atoms in total. The van der Waals surface area contributed by atoms with Crippen molar-refractivity contribution in [1.29, 1.82) is 0 Å². The van der Waals surface area contributed by atoms with E-state index in [0.717, 1.165) is 52.4 Å². The van der Waals surface area contributed by atoms with E-state index in [2.05, 4.69) is 146 Å². The molecule has 0 aliphatic heterocycles. The standard InChI is InChI=1S/C46H50N4O/c1-29(2)43-31(5)23-32(6)44(30(3)4)45(43)34-27-48-49(28-34)35-13-12-14-36(25-35)51-37-17-18-39-38-15-10-11-16-40(38)50(41(39)26-37)42-24-33(20-22-47-42)19-21-46(7,8)9/h10-18,20,22-30H,19,21H2,1-9H3. The van der Waals surface area contributed by atoms with E-state index in [-0.39, 0.29) is 5.41 Å². The molecule has 3 heterocycles. The van der Waals surface area contributed by atoms with Gasteiger partial charge in [-0.1, -0.05) is 78.8 Å². The molecule has 0 unspecified atom stereocenters. The lowest BCUT2D eigenvalue weighted by atomic mass is 9.81. The first-order valence-electron chi connectivity index (χ1n) is 18.3. The van der Waals surface area contributed by atoms with Gasteiger partial charge in [-0.2, -0.15) is 5.10 Å². The van der Waals surface area contributed by atoms with Gasteiger partial charge in [-0.25, -0.2) is 9.67 Å². The van der Waals surface area contributed by atoms with Crippen LogP contribution in [0.2, 0.25) is 0 Å². The van der Waals surface area contributed by atoms with E-state index in [0.29, 0.717) is 11.8 Å². The number of rotatable bonds is 9. The summed E-state index contributed by atoms with van der Waals surface area (Å²) in [5.74, 6) is 3.26. The summed E-state index contributed by atoms with van der Waals surface area (Å²) in [7, 11) is 0. The predicted molar refractivity (Wildman–Crippen MR) is 213 cm³/mol. The van der Waals surface area contributed by atoms with Gasteiger partial charge in [0.05, 0.1) is 22.9 Å². The monoisotopic (exact) mass is 674 g/mol. The van der Waals surface area contributed by atoms with Crippen molar-refractivity contribution in [3.05, 3.63) is 131 Å². The Labute approximate surface area is 302 Å². The van der Waals surface area contributed by atoms with Crippen molar-refractivity contribution < 1.29 is 4.74 Å². The minimum absolute atomic E-state index is 0.272. The van der Waals surface area contributed by atoms with Crippen LogP contribution >= 0.6 is 0 Å². The molecule has 0 bridgehead atoms. The van der Waals surface area contributed by atoms with Crippen LogP contribution in [0.1, 0.15) is 94.5 Å². The molecule has 0 saturated carbocycles. The summed E-state index contributed by atoms with van der Waals surface area (Å²) >= 11 is 0. The van der Waals surface area contributed by atoms with E-state index in [9.17, 15) is 0 Å². The molecule has 0 aliphatic rings. The van der Waals surface area contributed by atoms with Crippen LogP contribution in [-0.2, 0) is 6.42 Å². The number of para-hydroxylation sites is 1. The molecule has 260 valence electrons. The van der Waals surface area contributed by atoms with Gasteiger partial charge in [0.15, 0.2) is 0 Å². The number of aromatic nitrogens is 4. The average molecular weight is 675 g/mol. The minimum Gasteiger partial charge on any atom is -0.457 e. The Morgan fingerprint density at radius 3 is 2.16 bits per heavy atom. The summed E-state index contributed by atoms with van der Waals surface area (Å²) in [4.78, 5) is 4.86. The first kappa shape index (κ1) is 34.3. The van der Waals surface area contributed by atoms with Crippen molar-refractivity contribution in [3.63, 3.8) is 0 Å². The maximum absolute atomic E-state index is 6.58. The number of ether oxygens (including phenoxy) is 1. The van der Waals surface area contributed by atoms with Crippen molar-refractivity contribution in [1.82, 2.24) is 19.3 Å². The fraction of sp³-hybridized carbons (Fsp3) is 0.304. The largest absolute Gasteiger partial charge is 0.457 e. The smallest absolute Gasteiger partial charge is 0.137 e. The molecule has 51 heavy (non-hydrogen) atoms. The van der Waals surface area contributed by atoms with E-state index < -0.39 is 0 Å². The molecule has 0 N–H and O–H groups in total. The van der Waals surface area contributed by atoms with Crippen molar-refractivity contribution in [2.24, 2.45) is 5.41 Å². The molecule has 0 atom stereocenters. The highest BCUT2D eigenvalue weighted by Crippen LogP contribution is 2.41. The number of hydrogen-bond acceptors (Lipinski definition) is 3. The Bertz CT molecular complexity index is 2330. The topological polar surface area (TPSA) is 44.9 Å². The van der Waals surface area contributed by atoms with Gasteiger partial charge in [0.2, 0.25) is 0 Å². The summed E-state index contributed by atoms with van der Waals surface area (Å²) in [6, 6.07) is 29.8. The third-order valence-corrected chi connectivity index (χ3v) is 10.0. The first-order valence-corrected chi connectivity index (χ1v) is 18.3. The maximum atomic E-state index is 6.58. The molecular formula is C46H50N4O. The SMILES string of the molecule is Cc1cc(C)c(C(C)C)c(-c2cnn(-c3cccc(Oc4ccc5c6ccccc6n(-c6cc(CCC(C)(C)C)ccn6)c5c4)c3)c2)c1C(C)C. The number of nitrogens with zero attached hydrogens (tertiary/aromatic N) is 4. The highest BCUT2D eigenvalue weighted by molar-refractivity contribution is 6.09. The Hall–Kier alpha value is -5.16.